The van der Waals surface area contributed by atoms with E-state index in [4.69, 9.17) is 19.4 Å². The van der Waals surface area contributed by atoms with E-state index < -0.39 is 5.79 Å². The van der Waals surface area contributed by atoms with Crippen molar-refractivity contribution in [3.05, 3.63) is 72.4 Å². The van der Waals surface area contributed by atoms with Gasteiger partial charge in [0.15, 0.2) is 5.79 Å². The van der Waals surface area contributed by atoms with Crippen molar-refractivity contribution in [3.63, 3.8) is 0 Å². The summed E-state index contributed by atoms with van der Waals surface area (Å²) < 4.78 is 12.0. The topological polar surface area (TPSA) is 111 Å². The first-order valence-corrected chi connectivity index (χ1v) is 16.5. The summed E-state index contributed by atoms with van der Waals surface area (Å²) in [5.74, 6) is 1.09. The summed E-state index contributed by atoms with van der Waals surface area (Å²) in [5.41, 5.74) is 6.38. The zero-order valence-electron chi connectivity index (χ0n) is 26.7. The highest BCUT2D eigenvalue weighted by Gasteiger charge is 2.52. The molecule has 3 unspecified atom stereocenters. The van der Waals surface area contributed by atoms with Crippen LogP contribution in [-0.2, 0) is 14.3 Å². The molecule has 3 aromatic carbocycles. The third-order valence-electron chi connectivity index (χ3n) is 10.2. The maximum Gasteiger partial charge on any atom is 0.240 e. The number of nitrogens with zero attached hydrogens (tertiary/aromatic N) is 4. The van der Waals surface area contributed by atoms with Gasteiger partial charge in [0, 0.05) is 11.8 Å². The van der Waals surface area contributed by atoms with Gasteiger partial charge in [-0.1, -0.05) is 49.4 Å². The Balaban J connectivity index is 1.04. The molecular weight excluding hydrogens is 578 g/mol. The number of fused-ring (bicyclic) bond motifs is 3. The van der Waals surface area contributed by atoms with Gasteiger partial charge in [-0.2, -0.15) is 0 Å². The van der Waals surface area contributed by atoms with Gasteiger partial charge >= 0.3 is 0 Å². The Bertz CT molecular complexity index is 1890. The van der Waals surface area contributed by atoms with Gasteiger partial charge in [-0.15, -0.1) is 0 Å². The first-order valence-electron chi connectivity index (χ1n) is 16.5. The number of ether oxygens (including phenoxy) is 2. The lowest BCUT2D eigenvalue weighted by Gasteiger charge is -2.27. The van der Waals surface area contributed by atoms with Crippen molar-refractivity contribution in [2.75, 3.05) is 40.4 Å². The highest BCUT2D eigenvalue weighted by Crippen LogP contribution is 2.42. The molecular formula is C36H41N7O3. The van der Waals surface area contributed by atoms with Gasteiger partial charge in [0.1, 0.15) is 11.6 Å². The molecule has 3 fully saturated rings. The molecule has 1 amide bonds. The van der Waals surface area contributed by atoms with Crippen LogP contribution in [0.25, 0.3) is 44.2 Å². The number of carbonyl (C=O) groups is 1. The van der Waals surface area contributed by atoms with E-state index in [1.165, 1.54) is 17.2 Å². The molecule has 0 bridgehead atoms. The van der Waals surface area contributed by atoms with Crippen LogP contribution in [0.3, 0.4) is 0 Å². The SMILES string of the molecule is CCC(NC)C(=O)N1CC2(CC1c1ncc(-c3ccc(-c4ccc5c(ccc6[nH]c(C7CCCN7C)nc65)c4)cc3)[nH]1)OCCO2. The number of likely N-dealkylation sites (N-methyl/N-ethyl adjacent to an activating group) is 1. The average Bonchev–Trinajstić information content (AvgIpc) is 3.92. The van der Waals surface area contributed by atoms with Gasteiger partial charge in [0.2, 0.25) is 5.91 Å². The lowest BCUT2D eigenvalue weighted by atomic mass is 9.99. The Hall–Kier alpha value is -4.09. The van der Waals surface area contributed by atoms with Crippen molar-refractivity contribution in [1.82, 2.24) is 35.1 Å². The van der Waals surface area contributed by atoms with Crippen LogP contribution >= 0.6 is 0 Å². The van der Waals surface area contributed by atoms with Crippen LogP contribution in [0, 0.1) is 0 Å². The fourth-order valence-electron chi connectivity index (χ4n) is 7.63. The van der Waals surface area contributed by atoms with E-state index in [-0.39, 0.29) is 18.0 Å². The number of aromatic amines is 2. The Morgan fingerprint density at radius 1 is 1.02 bits per heavy atom. The molecule has 10 heteroatoms. The molecule has 3 saturated heterocycles. The first-order chi connectivity index (χ1) is 22.4. The van der Waals surface area contributed by atoms with Gasteiger partial charge in [0.25, 0.3) is 0 Å². The number of likely N-dealkylation sites (tertiary alicyclic amines) is 2. The third kappa shape index (κ3) is 5.00. The lowest BCUT2D eigenvalue weighted by Crippen LogP contribution is -2.46. The summed E-state index contributed by atoms with van der Waals surface area (Å²) in [4.78, 5) is 34.7. The Morgan fingerprint density at radius 2 is 1.80 bits per heavy atom. The van der Waals surface area contributed by atoms with Gasteiger partial charge in [-0.05, 0) is 74.1 Å². The number of rotatable bonds is 7. The van der Waals surface area contributed by atoms with E-state index >= 15 is 0 Å². The summed E-state index contributed by atoms with van der Waals surface area (Å²) in [7, 11) is 4.01. The van der Waals surface area contributed by atoms with E-state index in [0.29, 0.717) is 38.6 Å². The zero-order valence-corrected chi connectivity index (χ0v) is 26.7. The Kier molecular flexibility index (Phi) is 7.40. The van der Waals surface area contributed by atoms with Crippen molar-refractivity contribution in [2.45, 2.75) is 56.5 Å². The second-order valence-electron chi connectivity index (χ2n) is 13.0. The Labute approximate surface area is 268 Å². The number of hydrogen-bond donors (Lipinski definition) is 3. The molecule has 10 nitrogen and oxygen atoms in total. The highest BCUT2D eigenvalue weighted by molar-refractivity contribution is 6.05. The molecule has 0 saturated carbocycles. The van der Waals surface area contributed by atoms with Crippen LogP contribution in [0.15, 0.2) is 60.8 Å². The van der Waals surface area contributed by atoms with Crippen LogP contribution in [0.4, 0.5) is 0 Å². The number of amides is 1. The number of aromatic nitrogens is 4. The van der Waals surface area contributed by atoms with Crippen LogP contribution in [-0.4, -0.2) is 87.9 Å². The van der Waals surface area contributed by atoms with E-state index in [0.717, 1.165) is 58.0 Å². The van der Waals surface area contributed by atoms with Gasteiger partial charge in [-0.25, -0.2) is 9.97 Å². The molecule has 3 atom stereocenters. The van der Waals surface area contributed by atoms with E-state index in [1.807, 2.05) is 25.1 Å². The first kappa shape index (κ1) is 29.3. The molecule has 1 spiro atoms. The Morgan fingerprint density at radius 3 is 2.54 bits per heavy atom. The quantitative estimate of drug-likeness (QED) is 0.219. The number of nitrogens with one attached hydrogen (secondary N) is 3. The molecule has 8 rings (SSSR count). The van der Waals surface area contributed by atoms with E-state index in [1.54, 1.807) is 0 Å². The fourth-order valence-corrected chi connectivity index (χ4v) is 7.63. The van der Waals surface area contributed by atoms with Crippen LogP contribution in [0.1, 0.15) is 56.3 Å². The monoisotopic (exact) mass is 619 g/mol. The summed E-state index contributed by atoms with van der Waals surface area (Å²) >= 11 is 0. The van der Waals surface area contributed by atoms with Crippen molar-refractivity contribution in [3.8, 4) is 22.4 Å². The second-order valence-corrected chi connectivity index (χ2v) is 13.0. The number of benzene rings is 3. The number of carbonyl (C=O) groups excluding carboxylic acids is 1. The molecule has 0 aliphatic carbocycles. The maximum absolute atomic E-state index is 13.5. The molecule has 5 heterocycles. The number of H-pyrrole nitrogens is 2. The van der Waals surface area contributed by atoms with E-state index in [2.05, 4.69) is 81.8 Å². The molecule has 238 valence electrons. The fraction of sp³-hybridized carbons (Fsp3) is 0.417. The van der Waals surface area contributed by atoms with E-state index in [9.17, 15) is 4.79 Å². The predicted molar refractivity (Wildman–Crippen MR) is 178 cm³/mol. The van der Waals surface area contributed by atoms with Gasteiger partial charge < -0.3 is 29.7 Å². The van der Waals surface area contributed by atoms with Crippen molar-refractivity contribution >= 4 is 27.7 Å². The molecule has 3 N–H and O–H groups in total. The zero-order chi connectivity index (χ0) is 31.4. The molecule has 0 radical (unpaired) electrons. The van der Waals surface area contributed by atoms with Gasteiger partial charge in [0.05, 0.1) is 60.8 Å². The normalized spacial score (nSPS) is 22.1. The molecule has 3 aliphatic heterocycles. The minimum atomic E-state index is -0.765. The number of hydrogen-bond acceptors (Lipinski definition) is 7. The molecule has 5 aromatic rings. The second kappa shape index (κ2) is 11.6. The van der Waals surface area contributed by atoms with Crippen molar-refractivity contribution < 1.29 is 14.3 Å². The maximum atomic E-state index is 13.5. The van der Waals surface area contributed by atoms with Crippen LogP contribution in [0.2, 0.25) is 0 Å². The summed E-state index contributed by atoms with van der Waals surface area (Å²) in [6.07, 6.45) is 5.47. The lowest BCUT2D eigenvalue weighted by molar-refractivity contribution is -0.153. The molecule has 2 aromatic heterocycles. The summed E-state index contributed by atoms with van der Waals surface area (Å²) in [5, 5.41) is 5.50. The molecule has 46 heavy (non-hydrogen) atoms. The minimum Gasteiger partial charge on any atom is -0.346 e. The smallest absolute Gasteiger partial charge is 0.240 e. The molecule has 3 aliphatic rings. The average molecular weight is 620 g/mol. The largest absolute Gasteiger partial charge is 0.346 e. The third-order valence-corrected chi connectivity index (χ3v) is 10.2. The standard InChI is InChI=1S/C36H41N7O3/c1-4-27(37-2)35(44)43-21-36(45-16-17-46-36)19-31(43)33-38-20-29(40-33)23-9-7-22(8-10-23)24-11-13-26-25(18-24)12-14-28-32(26)41-34(39-28)30-6-5-15-42(30)3/h7-14,18,20,27,30-31,37H,4-6,15-17,19,21H2,1-3H3,(H,38,40)(H,39,41). The summed E-state index contributed by atoms with van der Waals surface area (Å²) in [6.45, 7) is 4.61. The van der Waals surface area contributed by atoms with Crippen molar-refractivity contribution in [2.24, 2.45) is 0 Å². The van der Waals surface area contributed by atoms with Gasteiger partial charge in [-0.3, -0.25) is 9.69 Å². The minimum absolute atomic E-state index is 0.0403. The summed E-state index contributed by atoms with van der Waals surface area (Å²) in [6, 6.07) is 19.3. The van der Waals surface area contributed by atoms with Crippen LogP contribution in [0.5, 0.6) is 0 Å². The predicted octanol–water partition coefficient (Wildman–Crippen LogP) is 5.55. The number of imidazole rings is 2. The van der Waals surface area contributed by atoms with Crippen molar-refractivity contribution in [1.29, 1.82) is 0 Å². The van der Waals surface area contributed by atoms with Crippen LogP contribution < -0.4 is 5.32 Å². The highest BCUT2D eigenvalue weighted by atomic mass is 16.7.